The van der Waals surface area contributed by atoms with Crippen LogP contribution in [0.25, 0.3) is 0 Å². The van der Waals surface area contributed by atoms with Crippen LogP contribution in [0.15, 0.2) is 12.2 Å². The van der Waals surface area contributed by atoms with Crippen molar-refractivity contribution in [3.05, 3.63) is 12.2 Å². The topological polar surface area (TPSA) is 60.8 Å². The summed E-state index contributed by atoms with van der Waals surface area (Å²) < 4.78 is 0. The first kappa shape index (κ1) is 11.2. The van der Waals surface area contributed by atoms with Gasteiger partial charge < -0.3 is 10.2 Å². The third kappa shape index (κ3) is 3.47. The highest BCUT2D eigenvalue weighted by molar-refractivity contribution is 5.79. The van der Waals surface area contributed by atoms with Gasteiger partial charge in [-0.2, -0.15) is 0 Å². The Labute approximate surface area is 83.8 Å². The van der Waals surface area contributed by atoms with Gasteiger partial charge in [0.2, 0.25) is 0 Å². The van der Waals surface area contributed by atoms with E-state index in [0.717, 1.165) is 25.6 Å². The standard InChI is InChI=1S/C10H17NO3/c1-8(12)9-4-6-11(7-9)5-2-3-10(13)14/h2-3,8-9,12H,4-7H2,1H3,(H,13,14)/b3-2+. The molecule has 14 heavy (non-hydrogen) atoms. The second-order valence-electron chi connectivity index (χ2n) is 3.79. The molecule has 4 heteroatoms. The SMILES string of the molecule is CC(O)C1CCN(C/C=C/C(=O)O)C1. The van der Waals surface area contributed by atoms with Gasteiger partial charge in [0, 0.05) is 19.2 Å². The van der Waals surface area contributed by atoms with Gasteiger partial charge in [0.1, 0.15) is 0 Å². The monoisotopic (exact) mass is 199 g/mol. The molecule has 0 spiro atoms. The van der Waals surface area contributed by atoms with Crippen molar-refractivity contribution in [3.63, 3.8) is 0 Å². The molecule has 1 saturated heterocycles. The van der Waals surface area contributed by atoms with Gasteiger partial charge in [0.05, 0.1) is 6.10 Å². The maximum Gasteiger partial charge on any atom is 0.328 e. The molecule has 2 N–H and O–H groups in total. The van der Waals surface area contributed by atoms with Crippen molar-refractivity contribution in [3.8, 4) is 0 Å². The first-order valence-electron chi connectivity index (χ1n) is 4.89. The van der Waals surface area contributed by atoms with Gasteiger partial charge in [-0.15, -0.1) is 0 Å². The second-order valence-corrected chi connectivity index (χ2v) is 3.79. The average molecular weight is 199 g/mol. The summed E-state index contributed by atoms with van der Waals surface area (Å²) in [6.07, 6.45) is 3.55. The highest BCUT2D eigenvalue weighted by atomic mass is 16.4. The van der Waals surface area contributed by atoms with Gasteiger partial charge in [-0.3, -0.25) is 4.90 Å². The lowest BCUT2D eigenvalue weighted by atomic mass is 10.0. The zero-order chi connectivity index (χ0) is 10.6. The molecule has 0 saturated carbocycles. The van der Waals surface area contributed by atoms with Crippen LogP contribution in [-0.4, -0.2) is 46.8 Å². The number of likely N-dealkylation sites (tertiary alicyclic amines) is 1. The van der Waals surface area contributed by atoms with Crippen molar-refractivity contribution < 1.29 is 15.0 Å². The molecule has 0 aromatic heterocycles. The maximum atomic E-state index is 10.2. The summed E-state index contributed by atoms with van der Waals surface area (Å²) in [5, 5.41) is 17.7. The molecule has 0 aliphatic carbocycles. The highest BCUT2D eigenvalue weighted by Gasteiger charge is 2.24. The second kappa shape index (κ2) is 5.12. The van der Waals surface area contributed by atoms with Crippen LogP contribution in [0.5, 0.6) is 0 Å². The summed E-state index contributed by atoms with van der Waals surface area (Å²) in [4.78, 5) is 12.3. The number of hydrogen-bond donors (Lipinski definition) is 2. The molecule has 1 aliphatic heterocycles. The molecule has 0 radical (unpaired) electrons. The Bertz CT molecular complexity index is 225. The highest BCUT2D eigenvalue weighted by Crippen LogP contribution is 2.18. The smallest absolute Gasteiger partial charge is 0.328 e. The predicted octanol–water partition coefficient (Wildman–Crippen LogP) is 0.330. The normalized spacial score (nSPS) is 25.7. The van der Waals surface area contributed by atoms with E-state index >= 15 is 0 Å². The van der Waals surface area contributed by atoms with E-state index in [-0.39, 0.29) is 6.10 Å². The lowest BCUT2D eigenvalue weighted by Gasteiger charge is -2.15. The van der Waals surface area contributed by atoms with Crippen molar-refractivity contribution in [2.75, 3.05) is 19.6 Å². The minimum absolute atomic E-state index is 0.261. The number of carbonyl (C=O) groups is 1. The number of rotatable bonds is 4. The molecule has 1 heterocycles. The number of hydrogen-bond acceptors (Lipinski definition) is 3. The Balaban J connectivity index is 2.26. The molecule has 0 aromatic rings. The van der Waals surface area contributed by atoms with Crippen molar-refractivity contribution in [2.24, 2.45) is 5.92 Å². The largest absolute Gasteiger partial charge is 0.478 e. The van der Waals surface area contributed by atoms with E-state index < -0.39 is 5.97 Å². The summed E-state index contributed by atoms with van der Waals surface area (Å²) >= 11 is 0. The molecule has 2 atom stereocenters. The Morgan fingerprint density at radius 2 is 2.43 bits per heavy atom. The van der Waals surface area contributed by atoms with Crippen LogP contribution in [0.4, 0.5) is 0 Å². The Morgan fingerprint density at radius 1 is 1.71 bits per heavy atom. The first-order valence-corrected chi connectivity index (χ1v) is 4.89. The van der Waals surface area contributed by atoms with E-state index in [1.807, 2.05) is 0 Å². The van der Waals surface area contributed by atoms with Gasteiger partial charge in [-0.05, 0) is 25.8 Å². The molecular formula is C10H17NO3. The molecule has 1 aliphatic rings. The molecule has 1 rings (SSSR count). The van der Waals surface area contributed by atoms with E-state index in [2.05, 4.69) is 4.90 Å². The first-order chi connectivity index (χ1) is 6.59. The Kier molecular flexibility index (Phi) is 4.10. The molecule has 1 fully saturated rings. The van der Waals surface area contributed by atoms with E-state index in [1.54, 1.807) is 13.0 Å². The molecule has 0 amide bonds. The summed E-state index contributed by atoms with van der Waals surface area (Å²) in [5.74, 6) is -0.565. The molecule has 4 nitrogen and oxygen atoms in total. The third-order valence-corrected chi connectivity index (χ3v) is 2.62. The van der Waals surface area contributed by atoms with E-state index in [9.17, 15) is 9.90 Å². The van der Waals surface area contributed by atoms with Crippen LogP contribution in [0.1, 0.15) is 13.3 Å². The van der Waals surface area contributed by atoms with Crippen LogP contribution >= 0.6 is 0 Å². The fraction of sp³-hybridized carbons (Fsp3) is 0.700. The number of carboxylic acid groups (broad SMARTS) is 1. The third-order valence-electron chi connectivity index (χ3n) is 2.62. The van der Waals surface area contributed by atoms with Crippen LogP contribution in [-0.2, 0) is 4.79 Å². The van der Waals surface area contributed by atoms with Gasteiger partial charge in [-0.1, -0.05) is 6.08 Å². The zero-order valence-electron chi connectivity index (χ0n) is 8.39. The average Bonchev–Trinajstić information content (AvgIpc) is 2.52. The van der Waals surface area contributed by atoms with Crippen molar-refractivity contribution in [1.29, 1.82) is 0 Å². The summed E-state index contributed by atoms with van der Waals surface area (Å²) in [6, 6.07) is 0. The maximum absolute atomic E-state index is 10.2. The minimum atomic E-state index is -0.906. The van der Waals surface area contributed by atoms with E-state index in [1.165, 1.54) is 0 Å². The number of carboxylic acids is 1. The van der Waals surface area contributed by atoms with E-state index in [0.29, 0.717) is 12.5 Å². The van der Waals surface area contributed by atoms with Crippen LogP contribution in [0.2, 0.25) is 0 Å². The van der Waals surface area contributed by atoms with Gasteiger partial charge in [0.15, 0.2) is 0 Å². The minimum Gasteiger partial charge on any atom is -0.478 e. The number of aliphatic hydroxyl groups is 1. The Hall–Kier alpha value is -0.870. The van der Waals surface area contributed by atoms with Crippen molar-refractivity contribution in [1.82, 2.24) is 4.90 Å². The predicted molar refractivity (Wildman–Crippen MR) is 53.0 cm³/mol. The Morgan fingerprint density at radius 3 is 2.93 bits per heavy atom. The number of aliphatic carboxylic acids is 1. The summed E-state index contributed by atoms with van der Waals surface area (Å²) in [7, 11) is 0. The lowest BCUT2D eigenvalue weighted by molar-refractivity contribution is -0.131. The molecule has 0 aromatic carbocycles. The molecular weight excluding hydrogens is 182 g/mol. The van der Waals surface area contributed by atoms with Gasteiger partial charge in [-0.25, -0.2) is 4.79 Å². The summed E-state index contributed by atoms with van der Waals surface area (Å²) in [6.45, 7) is 4.28. The molecule has 80 valence electrons. The van der Waals surface area contributed by atoms with Gasteiger partial charge >= 0.3 is 5.97 Å². The summed E-state index contributed by atoms with van der Waals surface area (Å²) in [5.41, 5.74) is 0. The van der Waals surface area contributed by atoms with Crippen molar-refractivity contribution >= 4 is 5.97 Å². The fourth-order valence-electron chi connectivity index (χ4n) is 1.72. The fourth-order valence-corrected chi connectivity index (χ4v) is 1.72. The number of nitrogens with zero attached hydrogens (tertiary/aromatic N) is 1. The van der Waals surface area contributed by atoms with Gasteiger partial charge in [0.25, 0.3) is 0 Å². The molecule has 2 unspecified atom stereocenters. The van der Waals surface area contributed by atoms with E-state index in [4.69, 9.17) is 5.11 Å². The van der Waals surface area contributed by atoms with Crippen LogP contribution in [0.3, 0.4) is 0 Å². The quantitative estimate of drug-likeness (QED) is 0.640. The van der Waals surface area contributed by atoms with Crippen LogP contribution in [0, 0.1) is 5.92 Å². The lowest BCUT2D eigenvalue weighted by Crippen LogP contribution is -2.24. The zero-order valence-corrected chi connectivity index (χ0v) is 8.39. The van der Waals surface area contributed by atoms with Crippen LogP contribution < -0.4 is 0 Å². The number of aliphatic hydroxyl groups excluding tert-OH is 1. The molecule has 0 bridgehead atoms. The van der Waals surface area contributed by atoms with Crippen molar-refractivity contribution in [2.45, 2.75) is 19.4 Å².